The summed E-state index contributed by atoms with van der Waals surface area (Å²) in [4.78, 5) is 13.6. The molecular weight excluding hydrogens is 448 g/mol. The standard InChI is InChI=1S/C28H21ClN2O3/c1-2-30-21-15-16-22(31-20-12-6-5-11-19(20)29)26-25(21)27(32)34-28(26)17-9-3-7-13-23(17)33-24-14-8-4-10-18(24)28/h3-16,30-31H,2H2,1H3. The fourth-order valence-electron chi connectivity index (χ4n) is 4.91. The molecule has 4 aromatic carbocycles. The van der Waals surface area contributed by atoms with Crippen LogP contribution in [-0.4, -0.2) is 12.5 Å². The lowest BCUT2D eigenvalue weighted by molar-refractivity contribution is 0.0226. The van der Waals surface area contributed by atoms with E-state index in [1.165, 1.54) is 0 Å². The number of rotatable bonds is 4. The van der Waals surface area contributed by atoms with E-state index in [1.54, 1.807) is 0 Å². The highest BCUT2D eigenvalue weighted by Gasteiger charge is 2.55. The van der Waals surface area contributed by atoms with Gasteiger partial charge < -0.3 is 20.1 Å². The smallest absolute Gasteiger partial charge is 0.342 e. The molecule has 0 amide bonds. The second-order valence-corrected chi connectivity index (χ2v) is 8.62. The van der Waals surface area contributed by atoms with Crippen molar-refractivity contribution in [1.82, 2.24) is 0 Å². The molecule has 0 radical (unpaired) electrons. The van der Waals surface area contributed by atoms with E-state index in [9.17, 15) is 4.79 Å². The first-order valence-corrected chi connectivity index (χ1v) is 11.5. The first kappa shape index (κ1) is 20.6. The summed E-state index contributed by atoms with van der Waals surface area (Å²) in [6, 6.07) is 26.8. The second-order valence-electron chi connectivity index (χ2n) is 8.21. The van der Waals surface area contributed by atoms with Gasteiger partial charge in [0.2, 0.25) is 0 Å². The molecule has 0 fully saturated rings. The zero-order chi connectivity index (χ0) is 23.3. The number of halogens is 1. The molecule has 0 saturated carbocycles. The number of carbonyl (C=O) groups is 1. The van der Waals surface area contributed by atoms with Crippen LogP contribution in [0.25, 0.3) is 0 Å². The highest BCUT2D eigenvalue weighted by Crippen LogP contribution is 2.58. The van der Waals surface area contributed by atoms with E-state index in [0.29, 0.717) is 28.6 Å². The van der Waals surface area contributed by atoms with Crippen LogP contribution in [0.3, 0.4) is 0 Å². The predicted molar refractivity (Wildman–Crippen MR) is 134 cm³/mol. The molecule has 4 aromatic rings. The minimum Gasteiger partial charge on any atom is -0.456 e. The molecule has 1 spiro atoms. The first-order valence-electron chi connectivity index (χ1n) is 11.2. The molecule has 168 valence electrons. The average molecular weight is 469 g/mol. The summed E-state index contributed by atoms with van der Waals surface area (Å²) in [5.74, 6) is 0.916. The number of carbonyl (C=O) groups excluding carboxylic acids is 1. The van der Waals surface area contributed by atoms with E-state index in [2.05, 4.69) is 10.6 Å². The van der Waals surface area contributed by atoms with Gasteiger partial charge in [0.15, 0.2) is 5.60 Å². The van der Waals surface area contributed by atoms with Gasteiger partial charge in [-0.1, -0.05) is 60.1 Å². The number of anilines is 3. The van der Waals surface area contributed by atoms with Gasteiger partial charge in [0.05, 0.1) is 16.3 Å². The molecule has 6 heteroatoms. The van der Waals surface area contributed by atoms with Crippen LogP contribution in [0.4, 0.5) is 17.1 Å². The lowest BCUT2D eigenvalue weighted by Gasteiger charge is -2.37. The van der Waals surface area contributed by atoms with Crippen molar-refractivity contribution in [1.29, 1.82) is 0 Å². The summed E-state index contributed by atoms with van der Waals surface area (Å²) in [6.07, 6.45) is 0. The molecule has 0 atom stereocenters. The highest BCUT2D eigenvalue weighted by atomic mass is 35.5. The van der Waals surface area contributed by atoms with E-state index in [0.717, 1.165) is 33.8 Å². The third-order valence-corrected chi connectivity index (χ3v) is 6.60. The summed E-state index contributed by atoms with van der Waals surface area (Å²) in [5.41, 5.74) is 3.82. The second kappa shape index (κ2) is 7.82. The fourth-order valence-corrected chi connectivity index (χ4v) is 5.09. The molecule has 0 saturated heterocycles. The Balaban J connectivity index is 1.69. The molecule has 2 heterocycles. The van der Waals surface area contributed by atoms with Gasteiger partial charge in [-0.3, -0.25) is 0 Å². The number of nitrogens with one attached hydrogen (secondary N) is 2. The number of benzene rings is 4. The van der Waals surface area contributed by atoms with Crippen molar-refractivity contribution in [3.05, 3.63) is 112 Å². The largest absolute Gasteiger partial charge is 0.456 e. The molecular formula is C28H21ClN2O3. The van der Waals surface area contributed by atoms with Crippen molar-refractivity contribution in [3.63, 3.8) is 0 Å². The van der Waals surface area contributed by atoms with E-state index >= 15 is 0 Å². The van der Waals surface area contributed by atoms with Crippen molar-refractivity contribution in [2.45, 2.75) is 12.5 Å². The van der Waals surface area contributed by atoms with Crippen LogP contribution in [0.15, 0.2) is 84.9 Å². The third kappa shape index (κ3) is 2.90. The van der Waals surface area contributed by atoms with Gasteiger partial charge in [-0.05, 0) is 43.3 Å². The molecule has 2 aliphatic heterocycles. The van der Waals surface area contributed by atoms with E-state index < -0.39 is 5.60 Å². The van der Waals surface area contributed by atoms with Crippen molar-refractivity contribution < 1.29 is 14.3 Å². The Bertz CT molecular complexity index is 1400. The van der Waals surface area contributed by atoms with Crippen LogP contribution in [0.1, 0.15) is 34.0 Å². The van der Waals surface area contributed by atoms with Crippen LogP contribution < -0.4 is 15.4 Å². The highest BCUT2D eigenvalue weighted by molar-refractivity contribution is 6.33. The molecule has 2 N–H and O–H groups in total. The normalized spacial score (nSPS) is 14.5. The zero-order valence-electron chi connectivity index (χ0n) is 18.4. The molecule has 0 aliphatic carbocycles. The maximum atomic E-state index is 13.6. The van der Waals surface area contributed by atoms with Gasteiger partial charge in [-0.2, -0.15) is 0 Å². The first-order chi connectivity index (χ1) is 16.6. The quantitative estimate of drug-likeness (QED) is 0.313. The lowest BCUT2D eigenvalue weighted by Crippen LogP contribution is -2.33. The molecule has 0 unspecified atom stereocenters. The monoisotopic (exact) mass is 468 g/mol. The average Bonchev–Trinajstić information content (AvgIpc) is 3.16. The van der Waals surface area contributed by atoms with Crippen molar-refractivity contribution >= 4 is 34.6 Å². The van der Waals surface area contributed by atoms with Crippen LogP contribution >= 0.6 is 11.6 Å². The Labute approximate surface area is 202 Å². The molecule has 34 heavy (non-hydrogen) atoms. The Morgan fingerprint density at radius 1 is 0.794 bits per heavy atom. The summed E-state index contributed by atoms with van der Waals surface area (Å²) < 4.78 is 12.6. The predicted octanol–water partition coefficient (Wildman–Crippen LogP) is 7.08. The van der Waals surface area contributed by atoms with Crippen LogP contribution in [-0.2, 0) is 10.3 Å². The minimum atomic E-state index is -1.17. The maximum absolute atomic E-state index is 13.6. The lowest BCUT2D eigenvalue weighted by atomic mass is 9.76. The van der Waals surface area contributed by atoms with Crippen molar-refractivity contribution in [2.24, 2.45) is 0 Å². The summed E-state index contributed by atoms with van der Waals surface area (Å²) in [7, 11) is 0. The SMILES string of the molecule is CCNc1ccc(Nc2ccccc2Cl)c2c1C(=O)OC21c2ccccc2Oc2ccccc21. The number of esters is 1. The van der Waals surface area contributed by atoms with Gasteiger partial charge in [0.1, 0.15) is 11.5 Å². The molecule has 2 aliphatic rings. The van der Waals surface area contributed by atoms with Crippen molar-refractivity contribution in [3.8, 4) is 11.5 Å². The minimum absolute atomic E-state index is 0.389. The number of hydrogen-bond donors (Lipinski definition) is 2. The summed E-state index contributed by atoms with van der Waals surface area (Å²) >= 11 is 6.48. The number of hydrogen-bond acceptors (Lipinski definition) is 5. The van der Waals surface area contributed by atoms with Gasteiger partial charge in [0.25, 0.3) is 0 Å². The molecule has 0 bridgehead atoms. The van der Waals surface area contributed by atoms with Crippen molar-refractivity contribution in [2.75, 3.05) is 17.2 Å². The Morgan fingerprint density at radius 2 is 1.41 bits per heavy atom. The van der Waals surface area contributed by atoms with Crippen LogP contribution in [0.5, 0.6) is 11.5 Å². The van der Waals surface area contributed by atoms with Gasteiger partial charge in [-0.15, -0.1) is 0 Å². The summed E-state index contributed by atoms with van der Waals surface area (Å²) in [5, 5.41) is 7.37. The Kier molecular flexibility index (Phi) is 4.74. The molecule has 6 rings (SSSR count). The topological polar surface area (TPSA) is 59.6 Å². The van der Waals surface area contributed by atoms with Crippen LogP contribution in [0.2, 0.25) is 5.02 Å². The van der Waals surface area contributed by atoms with Gasteiger partial charge >= 0.3 is 5.97 Å². The van der Waals surface area contributed by atoms with Gasteiger partial charge in [0, 0.05) is 34.6 Å². The third-order valence-electron chi connectivity index (χ3n) is 6.27. The van der Waals surface area contributed by atoms with E-state index in [-0.39, 0.29) is 5.97 Å². The van der Waals surface area contributed by atoms with Crippen LogP contribution in [0, 0.1) is 0 Å². The summed E-state index contributed by atoms with van der Waals surface area (Å²) in [6.45, 7) is 2.66. The van der Waals surface area contributed by atoms with Gasteiger partial charge in [-0.25, -0.2) is 4.79 Å². The number of ether oxygens (including phenoxy) is 2. The number of para-hydroxylation sites is 3. The fraction of sp³-hybridized carbons (Fsp3) is 0.107. The Morgan fingerprint density at radius 3 is 2.09 bits per heavy atom. The maximum Gasteiger partial charge on any atom is 0.342 e. The number of fused-ring (bicyclic) bond motifs is 6. The molecule has 5 nitrogen and oxygen atoms in total. The Hall–Kier alpha value is -3.96. The zero-order valence-corrected chi connectivity index (χ0v) is 19.1. The van der Waals surface area contributed by atoms with E-state index in [4.69, 9.17) is 21.1 Å². The van der Waals surface area contributed by atoms with E-state index in [1.807, 2.05) is 91.9 Å². The molecule has 0 aromatic heterocycles.